The van der Waals surface area contributed by atoms with Crippen molar-refractivity contribution in [2.75, 3.05) is 20.2 Å². The van der Waals surface area contributed by atoms with E-state index in [4.69, 9.17) is 4.74 Å². The Balaban J connectivity index is 1.60. The normalized spacial score (nSPS) is 22.4. The van der Waals surface area contributed by atoms with Crippen LogP contribution in [0.2, 0.25) is 0 Å². The number of likely N-dealkylation sites (tertiary alicyclic amines) is 1. The lowest BCUT2D eigenvalue weighted by atomic mass is 9.87. The molecular weight excluding hydrogens is 311 g/mol. The second-order valence-corrected chi connectivity index (χ2v) is 7.31. The van der Waals surface area contributed by atoms with Gasteiger partial charge in [0.25, 0.3) is 0 Å². The first kappa shape index (κ1) is 16.6. The largest absolute Gasteiger partial charge is 0.380 e. The standard InChI is InChI=1S/C18H23FN2OS/c1-13-20-17(12-23-13)10-21-7-6-15(18(11-21)22-2)8-14-4-3-5-16(19)9-14/h3-5,9,12,15,18H,6-8,10-11H2,1-2H3/t15-,18+/m1/s1. The number of rotatable bonds is 5. The van der Waals surface area contributed by atoms with Gasteiger partial charge in [0, 0.05) is 25.6 Å². The molecule has 2 atom stereocenters. The number of thiazole rings is 1. The first-order chi connectivity index (χ1) is 11.1. The third-order valence-corrected chi connectivity index (χ3v) is 5.34. The molecule has 1 aliphatic heterocycles. The number of benzene rings is 1. The Kier molecular flexibility index (Phi) is 5.41. The summed E-state index contributed by atoms with van der Waals surface area (Å²) in [5.74, 6) is 0.281. The number of ether oxygens (including phenoxy) is 1. The smallest absolute Gasteiger partial charge is 0.123 e. The van der Waals surface area contributed by atoms with E-state index < -0.39 is 0 Å². The molecule has 0 amide bonds. The van der Waals surface area contributed by atoms with Gasteiger partial charge in [-0.15, -0.1) is 11.3 Å². The summed E-state index contributed by atoms with van der Waals surface area (Å²) < 4.78 is 19.1. The van der Waals surface area contributed by atoms with E-state index in [-0.39, 0.29) is 11.9 Å². The van der Waals surface area contributed by atoms with E-state index in [1.165, 1.54) is 6.07 Å². The summed E-state index contributed by atoms with van der Waals surface area (Å²) in [5, 5.41) is 3.25. The number of hydrogen-bond acceptors (Lipinski definition) is 4. The molecule has 1 aromatic carbocycles. The van der Waals surface area contributed by atoms with Crippen molar-refractivity contribution in [3.8, 4) is 0 Å². The van der Waals surface area contributed by atoms with Crippen LogP contribution in [0.25, 0.3) is 0 Å². The van der Waals surface area contributed by atoms with Gasteiger partial charge in [0.15, 0.2) is 0 Å². The van der Waals surface area contributed by atoms with Gasteiger partial charge in [-0.25, -0.2) is 9.37 Å². The number of hydrogen-bond donors (Lipinski definition) is 0. The first-order valence-electron chi connectivity index (χ1n) is 8.04. The summed E-state index contributed by atoms with van der Waals surface area (Å²) in [6.45, 7) is 4.87. The van der Waals surface area contributed by atoms with E-state index >= 15 is 0 Å². The van der Waals surface area contributed by atoms with Gasteiger partial charge in [0.1, 0.15) is 5.82 Å². The predicted molar refractivity (Wildman–Crippen MR) is 91.1 cm³/mol. The van der Waals surface area contributed by atoms with Gasteiger partial charge in [-0.2, -0.15) is 0 Å². The van der Waals surface area contributed by atoms with E-state index in [1.54, 1.807) is 30.6 Å². The minimum absolute atomic E-state index is 0.159. The van der Waals surface area contributed by atoms with Crippen molar-refractivity contribution in [3.63, 3.8) is 0 Å². The molecule has 3 nitrogen and oxygen atoms in total. The summed E-state index contributed by atoms with van der Waals surface area (Å²) in [7, 11) is 1.78. The lowest BCUT2D eigenvalue weighted by Crippen LogP contribution is -2.45. The van der Waals surface area contributed by atoms with Gasteiger partial charge >= 0.3 is 0 Å². The summed E-state index contributed by atoms with van der Waals surface area (Å²) >= 11 is 1.70. The highest BCUT2D eigenvalue weighted by Crippen LogP contribution is 2.25. The zero-order chi connectivity index (χ0) is 16.2. The zero-order valence-corrected chi connectivity index (χ0v) is 14.5. The second kappa shape index (κ2) is 7.51. The third kappa shape index (κ3) is 4.37. The average Bonchev–Trinajstić information content (AvgIpc) is 2.94. The van der Waals surface area contributed by atoms with E-state index in [0.29, 0.717) is 5.92 Å². The van der Waals surface area contributed by atoms with Crippen LogP contribution in [0.1, 0.15) is 22.7 Å². The molecule has 0 N–H and O–H groups in total. The summed E-state index contributed by atoms with van der Waals surface area (Å²) in [6.07, 6.45) is 2.13. The Morgan fingerprint density at radius 3 is 3.00 bits per heavy atom. The minimum Gasteiger partial charge on any atom is -0.380 e. The number of aromatic nitrogens is 1. The molecule has 0 saturated carbocycles. The van der Waals surface area contributed by atoms with Crippen LogP contribution in [0.15, 0.2) is 29.6 Å². The van der Waals surface area contributed by atoms with Crippen LogP contribution in [-0.4, -0.2) is 36.2 Å². The molecule has 23 heavy (non-hydrogen) atoms. The van der Waals surface area contributed by atoms with Crippen molar-refractivity contribution in [1.29, 1.82) is 0 Å². The lowest BCUT2D eigenvalue weighted by molar-refractivity contribution is -0.0139. The lowest BCUT2D eigenvalue weighted by Gasteiger charge is -2.37. The molecule has 3 rings (SSSR count). The van der Waals surface area contributed by atoms with Crippen molar-refractivity contribution in [2.45, 2.75) is 32.4 Å². The van der Waals surface area contributed by atoms with Crippen molar-refractivity contribution in [3.05, 3.63) is 51.7 Å². The van der Waals surface area contributed by atoms with Crippen molar-refractivity contribution < 1.29 is 9.13 Å². The van der Waals surface area contributed by atoms with Gasteiger partial charge in [-0.3, -0.25) is 4.90 Å². The van der Waals surface area contributed by atoms with Crippen molar-refractivity contribution in [2.24, 2.45) is 5.92 Å². The number of piperidine rings is 1. The molecule has 1 saturated heterocycles. The summed E-state index contributed by atoms with van der Waals surface area (Å²) in [5.41, 5.74) is 2.20. The second-order valence-electron chi connectivity index (χ2n) is 6.25. The van der Waals surface area contributed by atoms with Crippen LogP contribution in [0.3, 0.4) is 0 Å². The average molecular weight is 334 g/mol. The van der Waals surface area contributed by atoms with Crippen molar-refractivity contribution in [1.82, 2.24) is 9.88 Å². The molecule has 2 aromatic rings. The number of methoxy groups -OCH3 is 1. The van der Waals surface area contributed by atoms with Crippen molar-refractivity contribution >= 4 is 11.3 Å². The Labute approximate surface area is 141 Å². The summed E-state index contributed by atoms with van der Waals surface area (Å²) in [4.78, 5) is 6.95. The third-order valence-electron chi connectivity index (χ3n) is 4.52. The molecule has 0 spiro atoms. The highest BCUT2D eigenvalue weighted by molar-refractivity contribution is 7.09. The maximum atomic E-state index is 13.4. The van der Waals surface area contributed by atoms with Gasteiger partial charge in [-0.1, -0.05) is 12.1 Å². The number of halogens is 1. The minimum atomic E-state index is -0.159. The molecule has 1 aliphatic rings. The van der Waals surface area contributed by atoms with Gasteiger partial charge in [0.2, 0.25) is 0 Å². The fourth-order valence-corrected chi connectivity index (χ4v) is 3.95. The molecule has 0 bridgehead atoms. The predicted octanol–water partition coefficient (Wildman–Crippen LogP) is 3.67. The molecule has 2 heterocycles. The zero-order valence-electron chi connectivity index (χ0n) is 13.7. The highest BCUT2D eigenvalue weighted by Gasteiger charge is 2.29. The van der Waals surface area contributed by atoms with Gasteiger partial charge in [-0.05, 0) is 49.9 Å². The molecule has 5 heteroatoms. The molecule has 1 fully saturated rings. The monoisotopic (exact) mass is 334 g/mol. The molecule has 124 valence electrons. The van der Waals surface area contributed by atoms with Crippen LogP contribution < -0.4 is 0 Å². The molecule has 0 unspecified atom stereocenters. The Morgan fingerprint density at radius 2 is 2.30 bits per heavy atom. The van der Waals surface area contributed by atoms with E-state index in [0.717, 1.165) is 48.7 Å². The van der Waals surface area contributed by atoms with E-state index in [9.17, 15) is 4.39 Å². The quantitative estimate of drug-likeness (QED) is 0.834. The Bertz CT molecular complexity index is 645. The highest BCUT2D eigenvalue weighted by atomic mass is 32.1. The van der Waals surface area contributed by atoms with Crippen LogP contribution >= 0.6 is 11.3 Å². The molecule has 1 aromatic heterocycles. The Hall–Kier alpha value is -1.30. The molecular formula is C18H23FN2OS. The first-order valence-corrected chi connectivity index (χ1v) is 8.92. The topological polar surface area (TPSA) is 25.4 Å². The van der Waals surface area contributed by atoms with Crippen LogP contribution in [0, 0.1) is 18.7 Å². The van der Waals surface area contributed by atoms with Crippen LogP contribution in [0.4, 0.5) is 4.39 Å². The number of nitrogens with zero attached hydrogens (tertiary/aromatic N) is 2. The van der Waals surface area contributed by atoms with Gasteiger partial charge < -0.3 is 4.74 Å². The maximum absolute atomic E-state index is 13.4. The van der Waals surface area contributed by atoms with Gasteiger partial charge in [0.05, 0.1) is 16.8 Å². The maximum Gasteiger partial charge on any atom is 0.123 e. The fourth-order valence-electron chi connectivity index (χ4n) is 3.35. The van der Waals surface area contributed by atoms with E-state index in [1.807, 2.05) is 13.0 Å². The Morgan fingerprint density at radius 1 is 1.43 bits per heavy atom. The SMILES string of the molecule is CO[C@H]1CN(Cc2csc(C)n2)CC[C@@H]1Cc1cccc(F)c1. The van der Waals surface area contributed by atoms with Crippen LogP contribution in [0.5, 0.6) is 0 Å². The summed E-state index contributed by atoms with van der Waals surface area (Å²) in [6, 6.07) is 6.92. The van der Waals surface area contributed by atoms with E-state index in [2.05, 4.69) is 15.3 Å². The number of aryl methyl sites for hydroxylation is 1. The molecule has 0 radical (unpaired) electrons. The molecule has 0 aliphatic carbocycles. The van der Waals surface area contributed by atoms with Crippen LogP contribution in [-0.2, 0) is 17.7 Å². The fraction of sp³-hybridized carbons (Fsp3) is 0.500.